The molecular weight excluding hydrogens is 499 g/mol. The Kier molecular flexibility index (Phi) is 11.2. The quantitative estimate of drug-likeness (QED) is 0.567. The predicted molar refractivity (Wildman–Crippen MR) is 130 cm³/mol. The van der Waals surface area contributed by atoms with Crippen LogP contribution in [-0.2, 0) is 9.59 Å². The van der Waals surface area contributed by atoms with Crippen LogP contribution in [0.25, 0.3) is 0 Å². The Morgan fingerprint density at radius 3 is 2.14 bits per heavy atom. The van der Waals surface area contributed by atoms with E-state index in [0.717, 1.165) is 26.2 Å². The first-order chi connectivity index (χ1) is 17.0. The van der Waals surface area contributed by atoms with E-state index in [9.17, 15) is 22.8 Å². The SMILES string of the molecule is CC(CN(CCC(=O)N1CCNCC1)C(=O)c1ccc(Cl)cc1)c1ccccc1.O=C(O)C(F)(F)F. The van der Waals surface area contributed by atoms with Gasteiger partial charge in [0.1, 0.15) is 0 Å². The third-order valence-corrected chi connectivity index (χ3v) is 5.80. The van der Waals surface area contributed by atoms with Gasteiger partial charge >= 0.3 is 12.1 Å². The second kappa shape index (κ2) is 13.8. The first-order valence-corrected chi connectivity index (χ1v) is 11.7. The molecule has 36 heavy (non-hydrogen) atoms. The molecule has 2 aromatic carbocycles. The van der Waals surface area contributed by atoms with Crippen LogP contribution in [-0.4, -0.2) is 78.1 Å². The number of aliphatic carboxylic acids is 1. The van der Waals surface area contributed by atoms with Gasteiger partial charge in [-0.2, -0.15) is 13.2 Å². The third kappa shape index (κ3) is 9.50. The van der Waals surface area contributed by atoms with E-state index in [2.05, 4.69) is 24.4 Å². The molecular formula is C25H29ClF3N3O4. The largest absolute Gasteiger partial charge is 0.490 e. The van der Waals surface area contributed by atoms with Crippen LogP contribution >= 0.6 is 11.6 Å². The molecule has 1 saturated heterocycles. The fraction of sp³-hybridized carbons (Fsp3) is 0.400. The van der Waals surface area contributed by atoms with E-state index in [4.69, 9.17) is 21.5 Å². The topological polar surface area (TPSA) is 90.0 Å². The third-order valence-electron chi connectivity index (χ3n) is 5.55. The zero-order valence-electron chi connectivity index (χ0n) is 19.8. The molecule has 0 saturated carbocycles. The van der Waals surface area contributed by atoms with E-state index in [1.165, 1.54) is 5.56 Å². The van der Waals surface area contributed by atoms with Crippen molar-refractivity contribution in [2.75, 3.05) is 39.3 Å². The number of rotatable bonds is 7. The van der Waals surface area contributed by atoms with Crippen molar-refractivity contribution >= 4 is 29.4 Å². The van der Waals surface area contributed by atoms with Gasteiger partial charge in [-0.15, -0.1) is 0 Å². The number of carboxylic acids is 1. The minimum Gasteiger partial charge on any atom is -0.475 e. The normalized spacial score (nSPS) is 14.3. The van der Waals surface area contributed by atoms with Crippen molar-refractivity contribution < 1.29 is 32.7 Å². The van der Waals surface area contributed by atoms with Gasteiger partial charge < -0.3 is 20.2 Å². The van der Waals surface area contributed by atoms with Crippen LogP contribution in [0.3, 0.4) is 0 Å². The van der Waals surface area contributed by atoms with E-state index in [-0.39, 0.29) is 17.7 Å². The number of nitrogens with zero attached hydrogens (tertiary/aromatic N) is 2. The predicted octanol–water partition coefficient (Wildman–Crippen LogP) is 4.04. The molecule has 3 rings (SSSR count). The maximum Gasteiger partial charge on any atom is 0.490 e. The van der Waals surface area contributed by atoms with Gasteiger partial charge in [-0.05, 0) is 35.7 Å². The summed E-state index contributed by atoms with van der Waals surface area (Å²) < 4.78 is 31.7. The Bertz CT molecular complexity index is 998. The molecule has 1 aliphatic rings. The number of nitrogens with one attached hydrogen (secondary N) is 1. The van der Waals surface area contributed by atoms with Gasteiger partial charge in [-0.1, -0.05) is 48.9 Å². The number of hydrogen-bond acceptors (Lipinski definition) is 4. The molecule has 2 N–H and O–H groups in total. The van der Waals surface area contributed by atoms with E-state index < -0.39 is 12.1 Å². The maximum absolute atomic E-state index is 13.2. The number of alkyl halides is 3. The maximum atomic E-state index is 13.2. The molecule has 1 unspecified atom stereocenters. The lowest BCUT2D eigenvalue weighted by Gasteiger charge is -2.30. The second-order valence-corrected chi connectivity index (χ2v) is 8.69. The van der Waals surface area contributed by atoms with Gasteiger partial charge in [-0.25, -0.2) is 4.79 Å². The Hall–Kier alpha value is -3.11. The fourth-order valence-corrected chi connectivity index (χ4v) is 3.70. The van der Waals surface area contributed by atoms with E-state index in [1.807, 2.05) is 23.1 Å². The number of amides is 2. The Balaban J connectivity index is 0.000000572. The average Bonchev–Trinajstić information content (AvgIpc) is 2.87. The summed E-state index contributed by atoms with van der Waals surface area (Å²) >= 11 is 5.97. The molecule has 0 spiro atoms. The molecule has 196 valence electrons. The number of carbonyl (C=O) groups excluding carboxylic acids is 2. The van der Waals surface area contributed by atoms with Crippen LogP contribution in [0.15, 0.2) is 54.6 Å². The molecule has 1 heterocycles. The number of piperazine rings is 1. The number of hydrogen-bond donors (Lipinski definition) is 2. The second-order valence-electron chi connectivity index (χ2n) is 8.25. The zero-order valence-corrected chi connectivity index (χ0v) is 20.6. The smallest absolute Gasteiger partial charge is 0.475 e. The first kappa shape index (κ1) is 29.1. The highest BCUT2D eigenvalue weighted by atomic mass is 35.5. The highest BCUT2D eigenvalue weighted by Crippen LogP contribution is 2.19. The van der Waals surface area contributed by atoms with Crippen molar-refractivity contribution in [1.82, 2.24) is 15.1 Å². The average molecular weight is 528 g/mol. The van der Waals surface area contributed by atoms with Gasteiger partial charge in [0.05, 0.1) is 0 Å². The summed E-state index contributed by atoms with van der Waals surface area (Å²) in [6, 6.07) is 17.1. The lowest BCUT2D eigenvalue weighted by Crippen LogP contribution is -2.47. The summed E-state index contributed by atoms with van der Waals surface area (Å²) in [4.78, 5) is 38.3. The summed E-state index contributed by atoms with van der Waals surface area (Å²) in [6.07, 6.45) is -4.75. The van der Waals surface area contributed by atoms with Gasteiger partial charge in [0.2, 0.25) is 5.91 Å². The molecule has 0 bridgehead atoms. The molecule has 7 nitrogen and oxygen atoms in total. The van der Waals surface area contributed by atoms with Gasteiger partial charge in [0.25, 0.3) is 5.91 Å². The standard InChI is InChI=1S/C23H28ClN3O2.C2HF3O2/c1-18(19-5-3-2-4-6-19)17-27(23(29)20-7-9-21(24)10-8-20)14-11-22(28)26-15-12-25-13-16-26;3-2(4,5)1(6)7/h2-10,18,25H,11-17H2,1H3;(H,6,7). The van der Waals surface area contributed by atoms with Crippen molar-refractivity contribution in [3.05, 3.63) is 70.7 Å². The molecule has 0 aromatic heterocycles. The van der Waals surface area contributed by atoms with Crippen LogP contribution in [0.1, 0.15) is 35.2 Å². The van der Waals surface area contributed by atoms with Gasteiger partial charge in [0.15, 0.2) is 0 Å². The summed E-state index contributed by atoms with van der Waals surface area (Å²) in [5.74, 6) is -2.56. The Morgan fingerprint density at radius 1 is 1.06 bits per heavy atom. The zero-order chi connectivity index (χ0) is 26.7. The minimum absolute atomic E-state index is 0.0717. The molecule has 0 aliphatic carbocycles. The van der Waals surface area contributed by atoms with Crippen LogP contribution in [0, 0.1) is 0 Å². The van der Waals surface area contributed by atoms with Gasteiger partial charge in [-0.3, -0.25) is 9.59 Å². The first-order valence-electron chi connectivity index (χ1n) is 11.4. The number of carboxylic acid groups (broad SMARTS) is 1. The number of halogens is 4. The molecule has 1 atom stereocenters. The van der Waals surface area contributed by atoms with Crippen molar-refractivity contribution in [1.29, 1.82) is 0 Å². The van der Waals surface area contributed by atoms with Crippen LogP contribution < -0.4 is 5.32 Å². The van der Waals surface area contributed by atoms with Crippen molar-refractivity contribution in [2.45, 2.75) is 25.4 Å². The van der Waals surface area contributed by atoms with Crippen LogP contribution in [0.4, 0.5) is 13.2 Å². The Morgan fingerprint density at radius 2 is 1.61 bits per heavy atom. The molecule has 11 heteroatoms. The summed E-state index contributed by atoms with van der Waals surface area (Å²) in [6.45, 7) is 6.17. The van der Waals surface area contributed by atoms with Crippen molar-refractivity contribution in [3.63, 3.8) is 0 Å². The highest BCUT2D eigenvalue weighted by Gasteiger charge is 2.38. The van der Waals surface area contributed by atoms with Crippen molar-refractivity contribution in [3.8, 4) is 0 Å². The molecule has 0 radical (unpaired) electrons. The summed E-state index contributed by atoms with van der Waals surface area (Å²) in [5, 5.41) is 11.0. The number of benzene rings is 2. The summed E-state index contributed by atoms with van der Waals surface area (Å²) in [5.41, 5.74) is 1.76. The van der Waals surface area contributed by atoms with Gasteiger partial charge in [0, 0.05) is 56.3 Å². The van der Waals surface area contributed by atoms with E-state index in [1.54, 1.807) is 29.2 Å². The monoisotopic (exact) mass is 527 g/mol. The summed E-state index contributed by atoms with van der Waals surface area (Å²) in [7, 11) is 0. The number of carbonyl (C=O) groups is 3. The molecule has 2 aromatic rings. The van der Waals surface area contributed by atoms with Crippen molar-refractivity contribution in [2.24, 2.45) is 0 Å². The molecule has 2 amide bonds. The van der Waals surface area contributed by atoms with E-state index >= 15 is 0 Å². The highest BCUT2D eigenvalue weighted by molar-refractivity contribution is 6.30. The fourth-order valence-electron chi connectivity index (χ4n) is 3.57. The molecule has 1 fully saturated rings. The molecule has 1 aliphatic heterocycles. The lowest BCUT2D eigenvalue weighted by molar-refractivity contribution is -0.192. The van der Waals surface area contributed by atoms with E-state index in [0.29, 0.717) is 30.1 Å². The minimum atomic E-state index is -5.08. The lowest BCUT2D eigenvalue weighted by atomic mass is 10.00. The van der Waals surface area contributed by atoms with Crippen LogP contribution in [0.2, 0.25) is 5.02 Å². The van der Waals surface area contributed by atoms with Crippen LogP contribution in [0.5, 0.6) is 0 Å². The Labute approximate surface area is 212 Å².